The lowest BCUT2D eigenvalue weighted by atomic mass is 10.2. The van der Waals surface area contributed by atoms with Gasteiger partial charge in [0.2, 0.25) is 10.0 Å². The monoisotopic (exact) mass is 449 g/mol. The van der Waals surface area contributed by atoms with Gasteiger partial charge in [0.1, 0.15) is 11.6 Å². The van der Waals surface area contributed by atoms with E-state index in [1.807, 2.05) is 24.0 Å². The number of carbonyl (C=O) groups excluding carboxylic acids is 1. The summed E-state index contributed by atoms with van der Waals surface area (Å²) in [6.07, 6.45) is 0.330. The molecule has 1 aliphatic rings. The summed E-state index contributed by atoms with van der Waals surface area (Å²) in [6, 6.07) is 13.6. The predicted molar refractivity (Wildman–Crippen MR) is 118 cm³/mol. The van der Waals surface area contributed by atoms with E-state index in [4.69, 9.17) is 4.74 Å². The van der Waals surface area contributed by atoms with E-state index in [0.717, 1.165) is 11.3 Å². The topological polar surface area (TPSA) is 78.9 Å². The lowest BCUT2D eigenvalue weighted by Crippen LogP contribution is -2.49. The van der Waals surface area contributed by atoms with E-state index in [1.54, 1.807) is 24.3 Å². The first-order valence-corrected chi connectivity index (χ1v) is 11.9. The van der Waals surface area contributed by atoms with Crippen LogP contribution < -0.4 is 15.0 Å². The Bertz CT molecular complexity index is 957. The minimum Gasteiger partial charge on any atom is -0.484 e. The molecule has 0 aromatic heterocycles. The Kier molecular flexibility index (Phi) is 7.86. The number of benzene rings is 2. The molecule has 0 bridgehead atoms. The van der Waals surface area contributed by atoms with Crippen LogP contribution >= 0.6 is 0 Å². The predicted octanol–water partition coefficient (Wildman–Crippen LogP) is 2.17. The highest BCUT2D eigenvalue weighted by molar-refractivity contribution is 7.89. The number of anilines is 1. The van der Waals surface area contributed by atoms with Gasteiger partial charge < -0.3 is 15.0 Å². The number of piperazine rings is 1. The summed E-state index contributed by atoms with van der Waals surface area (Å²) in [5, 5.41) is 2.69. The maximum Gasteiger partial charge on any atom is 0.257 e. The number of ether oxygens (including phenoxy) is 1. The fourth-order valence-corrected chi connectivity index (χ4v) is 4.81. The molecule has 1 amide bonds. The van der Waals surface area contributed by atoms with E-state index < -0.39 is 10.0 Å². The Morgan fingerprint density at radius 2 is 1.68 bits per heavy atom. The molecule has 0 aliphatic carbocycles. The first-order chi connectivity index (χ1) is 14.8. The van der Waals surface area contributed by atoms with E-state index >= 15 is 0 Å². The summed E-state index contributed by atoms with van der Waals surface area (Å²) in [5.74, 6) is 0.00981. The summed E-state index contributed by atoms with van der Waals surface area (Å²) >= 11 is 0. The molecule has 1 fully saturated rings. The van der Waals surface area contributed by atoms with Crippen molar-refractivity contribution in [1.82, 2.24) is 9.62 Å². The molecule has 1 heterocycles. The van der Waals surface area contributed by atoms with Gasteiger partial charge in [-0.3, -0.25) is 4.79 Å². The number of halogens is 1. The highest BCUT2D eigenvalue weighted by Gasteiger charge is 2.26. The van der Waals surface area contributed by atoms with Crippen molar-refractivity contribution in [3.05, 3.63) is 59.9 Å². The molecule has 3 rings (SSSR count). The second kappa shape index (κ2) is 10.6. The van der Waals surface area contributed by atoms with E-state index in [-0.39, 0.29) is 30.6 Å². The lowest BCUT2D eigenvalue weighted by molar-refractivity contribution is -0.123. The molecular weight excluding hydrogens is 421 g/mol. The molecule has 31 heavy (non-hydrogen) atoms. The van der Waals surface area contributed by atoms with Gasteiger partial charge in [0, 0.05) is 38.4 Å². The van der Waals surface area contributed by atoms with Gasteiger partial charge in [-0.1, -0.05) is 17.7 Å². The minimum atomic E-state index is -3.39. The molecule has 1 saturated heterocycles. The summed E-state index contributed by atoms with van der Waals surface area (Å²) in [4.78, 5) is 13.9. The number of amides is 1. The van der Waals surface area contributed by atoms with E-state index in [1.165, 1.54) is 16.4 Å². The number of hydrogen-bond acceptors (Lipinski definition) is 5. The normalized spacial score (nSPS) is 15.0. The Balaban J connectivity index is 1.35. The van der Waals surface area contributed by atoms with Crippen molar-refractivity contribution in [3.63, 3.8) is 0 Å². The molecule has 2 aromatic rings. The number of hydrogen-bond donors (Lipinski definition) is 1. The van der Waals surface area contributed by atoms with E-state index in [2.05, 4.69) is 5.32 Å². The lowest BCUT2D eigenvalue weighted by Gasteiger charge is -2.35. The summed E-state index contributed by atoms with van der Waals surface area (Å²) < 4.78 is 45.1. The van der Waals surface area contributed by atoms with E-state index in [0.29, 0.717) is 38.3 Å². The van der Waals surface area contributed by atoms with Crippen LogP contribution in [0.4, 0.5) is 10.1 Å². The average Bonchev–Trinajstić information content (AvgIpc) is 2.77. The van der Waals surface area contributed by atoms with Crippen LogP contribution in [0.5, 0.6) is 5.75 Å². The van der Waals surface area contributed by atoms with Gasteiger partial charge in [-0.05, 0) is 49.7 Å². The zero-order valence-corrected chi connectivity index (χ0v) is 18.4. The molecule has 0 atom stereocenters. The van der Waals surface area contributed by atoms with Crippen LogP contribution in [0.15, 0.2) is 48.5 Å². The van der Waals surface area contributed by atoms with Crippen LogP contribution in [-0.2, 0) is 14.8 Å². The average molecular weight is 450 g/mol. The fourth-order valence-electron chi connectivity index (χ4n) is 3.32. The number of sulfonamides is 1. The molecule has 168 valence electrons. The SMILES string of the molecule is Cc1ccc(OCC(=O)NCCCS(=O)(=O)N2CCN(c3ccc(F)cc3)CC2)cc1. The van der Waals surface area contributed by atoms with Crippen molar-refractivity contribution in [2.24, 2.45) is 0 Å². The molecule has 0 radical (unpaired) electrons. The third kappa shape index (κ3) is 6.93. The summed E-state index contributed by atoms with van der Waals surface area (Å²) in [6.45, 7) is 4.00. The van der Waals surface area contributed by atoms with E-state index in [9.17, 15) is 17.6 Å². The van der Waals surface area contributed by atoms with Gasteiger partial charge in [-0.25, -0.2) is 12.8 Å². The van der Waals surface area contributed by atoms with Crippen molar-refractivity contribution >= 4 is 21.6 Å². The molecule has 1 N–H and O–H groups in total. The minimum absolute atomic E-state index is 0.0252. The maximum atomic E-state index is 13.1. The van der Waals surface area contributed by atoms with Gasteiger partial charge in [0.15, 0.2) is 6.61 Å². The quantitative estimate of drug-likeness (QED) is 0.594. The van der Waals surface area contributed by atoms with Crippen molar-refractivity contribution in [1.29, 1.82) is 0 Å². The van der Waals surface area contributed by atoms with Crippen molar-refractivity contribution in [3.8, 4) is 5.75 Å². The Morgan fingerprint density at radius 1 is 1.03 bits per heavy atom. The molecule has 2 aromatic carbocycles. The Morgan fingerprint density at radius 3 is 2.32 bits per heavy atom. The molecule has 1 aliphatic heterocycles. The highest BCUT2D eigenvalue weighted by Crippen LogP contribution is 2.18. The third-order valence-electron chi connectivity index (χ3n) is 5.12. The first kappa shape index (κ1) is 23.0. The second-order valence-electron chi connectivity index (χ2n) is 7.48. The standard InChI is InChI=1S/C22H28FN3O4S/c1-18-3-9-21(10-4-18)30-17-22(27)24-11-2-16-31(28,29)26-14-12-25(13-15-26)20-7-5-19(23)6-8-20/h3-10H,2,11-17H2,1H3,(H,24,27). The number of aryl methyl sites for hydroxylation is 1. The summed E-state index contributed by atoms with van der Waals surface area (Å²) in [7, 11) is -3.39. The molecule has 0 unspecified atom stereocenters. The highest BCUT2D eigenvalue weighted by atomic mass is 32.2. The van der Waals surface area contributed by atoms with Gasteiger partial charge in [0.25, 0.3) is 5.91 Å². The Hall–Kier alpha value is -2.65. The maximum absolute atomic E-state index is 13.1. The van der Waals surface area contributed by atoms with Crippen LogP contribution in [-0.4, -0.2) is 63.7 Å². The molecule has 7 nitrogen and oxygen atoms in total. The second-order valence-corrected chi connectivity index (χ2v) is 9.57. The molecule has 0 saturated carbocycles. The van der Waals surface area contributed by atoms with Gasteiger partial charge >= 0.3 is 0 Å². The van der Waals surface area contributed by atoms with Crippen LogP contribution in [0, 0.1) is 12.7 Å². The zero-order chi connectivity index (χ0) is 22.3. The van der Waals surface area contributed by atoms with Crippen molar-refractivity contribution < 1.29 is 22.3 Å². The number of nitrogens with zero attached hydrogens (tertiary/aromatic N) is 2. The van der Waals surface area contributed by atoms with Gasteiger partial charge in [-0.2, -0.15) is 4.31 Å². The fraction of sp³-hybridized carbons (Fsp3) is 0.409. The smallest absolute Gasteiger partial charge is 0.257 e. The van der Waals surface area contributed by atoms with Crippen molar-refractivity contribution in [2.75, 3.05) is 50.0 Å². The number of rotatable bonds is 9. The van der Waals surface area contributed by atoms with Crippen LogP contribution in [0.2, 0.25) is 0 Å². The molecular formula is C22H28FN3O4S. The molecule has 9 heteroatoms. The third-order valence-corrected chi connectivity index (χ3v) is 7.07. The zero-order valence-electron chi connectivity index (χ0n) is 17.6. The van der Waals surface area contributed by atoms with Crippen LogP contribution in [0.25, 0.3) is 0 Å². The van der Waals surface area contributed by atoms with Crippen molar-refractivity contribution in [2.45, 2.75) is 13.3 Å². The first-order valence-electron chi connectivity index (χ1n) is 10.3. The largest absolute Gasteiger partial charge is 0.484 e. The molecule has 0 spiro atoms. The summed E-state index contributed by atoms with van der Waals surface area (Å²) in [5.41, 5.74) is 1.99. The van der Waals surface area contributed by atoms with Gasteiger partial charge in [0.05, 0.1) is 5.75 Å². The Labute approximate surface area is 182 Å². The number of carbonyl (C=O) groups is 1. The number of nitrogens with one attached hydrogen (secondary N) is 1. The van der Waals surface area contributed by atoms with Crippen LogP contribution in [0.1, 0.15) is 12.0 Å². The van der Waals surface area contributed by atoms with Crippen LogP contribution in [0.3, 0.4) is 0 Å². The van der Waals surface area contributed by atoms with Gasteiger partial charge in [-0.15, -0.1) is 0 Å².